The number of benzene rings is 1. The first-order valence-electron chi connectivity index (χ1n) is 6.43. The Morgan fingerprint density at radius 3 is 2.89 bits per heavy atom. The average molecular weight is 248 g/mol. The highest BCUT2D eigenvalue weighted by Crippen LogP contribution is 2.36. The van der Waals surface area contributed by atoms with E-state index in [4.69, 9.17) is 0 Å². The summed E-state index contributed by atoms with van der Waals surface area (Å²) < 4.78 is 0. The van der Waals surface area contributed by atoms with Crippen molar-refractivity contribution in [3.8, 4) is 0 Å². The molecular weight excluding hydrogens is 228 g/mol. The fourth-order valence-corrected chi connectivity index (χ4v) is 2.65. The second kappa shape index (κ2) is 5.06. The number of nitro benzene ring substituents is 1. The molecular formula is C14H20N2O2. The Bertz CT molecular complexity index is 443. The minimum Gasteiger partial charge on any atom is -0.310 e. The molecule has 1 aliphatic carbocycles. The van der Waals surface area contributed by atoms with Gasteiger partial charge in [0.25, 0.3) is 5.69 Å². The molecule has 1 unspecified atom stereocenters. The molecule has 4 heteroatoms. The molecule has 1 aliphatic rings. The van der Waals surface area contributed by atoms with Gasteiger partial charge in [-0.25, -0.2) is 0 Å². The molecule has 2 rings (SSSR count). The van der Waals surface area contributed by atoms with Crippen molar-refractivity contribution in [1.29, 1.82) is 0 Å². The molecule has 0 saturated heterocycles. The molecule has 0 aromatic heterocycles. The van der Waals surface area contributed by atoms with Crippen LogP contribution < -0.4 is 5.32 Å². The van der Waals surface area contributed by atoms with E-state index in [2.05, 4.69) is 19.2 Å². The summed E-state index contributed by atoms with van der Waals surface area (Å²) in [5.74, 6) is 0. The number of rotatable bonds is 4. The highest BCUT2D eigenvalue weighted by molar-refractivity contribution is 5.34. The van der Waals surface area contributed by atoms with Gasteiger partial charge in [0.05, 0.1) is 4.92 Å². The van der Waals surface area contributed by atoms with Crippen LogP contribution in [0.5, 0.6) is 0 Å². The maximum atomic E-state index is 10.7. The van der Waals surface area contributed by atoms with E-state index in [-0.39, 0.29) is 10.6 Å². The maximum absolute atomic E-state index is 10.7. The fraction of sp³-hybridized carbons (Fsp3) is 0.571. The third-order valence-electron chi connectivity index (χ3n) is 3.68. The van der Waals surface area contributed by atoms with Gasteiger partial charge in [0.2, 0.25) is 0 Å². The minimum atomic E-state index is -0.345. The Labute approximate surface area is 108 Å². The number of hydrogen-bond donors (Lipinski definition) is 1. The lowest BCUT2D eigenvalue weighted by Gasteiger charge is -2.17. The van der Waals surface area contributed by atoms with Gasteiger partial charge in [-0.05, 0) is 30.2 Å². The molecule has 0 bridgehead atoms. The Hall–Kier alpha value is -1.42. The van der Waals surface area contributed by atoms with Crippen molar-refractivity contribution in [2.24, 2.45) is 5.41 Å². The standard InChI is InChI=1S/C14H20N2O2/c1-14(2)7-6-12(9-14)15-10-11-4-3-5-13(8-11)16(17)18/h3-5,8,12,15H,6-7,9-10H2,1-2H3. The SMILES string of the molecule is CC1(C)CCC(NCc2cccc([N+](=O)[O-])c2)C1. The van der Waals surface area contributed by atoms with E-state index < -0.39 is 0 Å². The molecule has 1 atom stereocenters. The summed E-state index contributed by atoms with van der Waals surface area (Å²) in [6, 6.07) is 7.39. The summed E-state index contributed by atoms with van der Waals surface area (Å²) >= 11 is 0. The molecule has 0 radical (unpaired) electrons. The van der Waals surface area contributed by atoms with Gasteiger partial charge in [-0.15, -0.1) is 0 Å². The van der Waals surface area contributed by atoms with Crippen LogP contribution in [0.3, 0.4) is 0 Å². The van der Waals surface area contributed by atoms with Gasteiger partial charge in [-0.1, -0.05) is 26.0 Å². The van der Waals surface area contributed by atoms with E-state index in [9.17, 15) is 10.1 Å². The molecule has 4 nitrogen and oxygen atoms in total. The summed E-state index contributed by atoms with van der Waals surface area (Å²) in [6.45, 7) is 5.30. The molecule has 1 saturated carbocycles. The molecule has 1 N–H and O–H groups in total. The van der Waals surface area contributed by atoms with E-state index in [0.717, 1.165) is 5.56 Å². The first kappa shape index (κ1) is 13.0. The summed E-state index contributed by atoms with van der Waals surface area (Å²) in [7, 11) is 0. The number of hydrogen-bond acceptors (Lipinski definition) is 3. The van der Waals surface area contributed by atoms with E-state index in [1.165, 1.54) is 25.3 Å². The average Bonchev–Trinajstić information content (AvgIpc) is 2.67. The second-order valence-corrected chi connectivity index (χ2v) is 5.91. The van der Waals surface area contributed by atoms with Crippen molar-refractivity contribution in [3.63, 3.8) is 0 Å². The zero-order valence-electron chi connectivity index (χ0n) is 11.0. The maximum Gasteiger partial charge on any atom is 0.269 e. The van der Waals surface area contributed by atoms with Crippen LogP contribution in [-0.4, -0.2) is 11.0 Å². The first-order valence-corrected chi connectivity index (χ1v) is 6.43. The molecule has 0 spiro atoms. The number of nitro groups is 1. The Morgan fingerprint density at radius 1 is 1.50 bits per heavy atom. The van der Waals surface area contributed by atoms with E-state index >= 15 is 0 Å². The smallest absolute Gasteiger partial charge is 0.269 e. The summed E-state index contributed by atoms with van der Waals surface area (Å²) in [5.41, 5.74) is 1.58. The molecule has 1 aromatic carbocycles. The van der Waals surface area contributed by atoms with Crippen LogP contribution in [0.1, 0.15) is 38.7 Å². The van der Waals surface area contributed by atoms with Crippen molar-refractivity contribution in [2.75, 3.05) is 0 Å². The number of nitrogens with zero attached hydrogens (tertiary/aromatic N) is 1. The third kappa shape index (κ3) is 3.29. The summed E-state index contributed by atoms with van der Waals surface area (Å²) in [4.78, 5) is 10.3. The topological polar surface area (TPSA) is 55.2 Å². The van der Waals surface area contributed by atoms with Crippen LogP contribution in [0.15, 0.2) is 24.3 Å². The Balaban J connectivity index is 1.91. The van der Waals surface area contributed by atoms with E-state index in [1.54, 1.807) is 12.1 Å². The molecule has 1 aromatic rings. The van der Waals surface area contributed by atoms with Gasteiger partial charge in [0, 0.05) is 24.7 Å². The van der Waals surface area contributed by atoms with Crippen molar-refractivity contribution < 1.29 is 4.92 Å². The van der Waals surface area contributed by atoms with Gasteiger partial charge in [0.15, 0.2) is 0 Å². The number of nitrogens with one attached hydrogen (secondary N) is 1. The largest absolute Gasteiger partial charge is 0.310 e. The van der Waals surface area contributed by atoms with Gasteiger partial charge < -0.3 is 5.32 Å². The predicted molar refractivity (Wildman–Crippen MR) is 71.4 cm³/mol. The zero-order valence-corrected chi connectivity index (χ0v) is 11.0. The van der Waals surface area contributed by atoms with Crippen LogP contribution >= 0.6 is 0 Å². The first-order chi connectivity index (χ1) is 8.46. The van der Waals surface area contributed by atoms with Gasteiger partial charge in [-0.2, -0.15) is 0 Å². The molecule has 18 heavy (non-hydrogen) atoms. The lowest BCUT2D eigenvalue weighted by molar-refractivity contribution is -0.384. The number of non-ortho nitro benzene ring substituents is 1. The normalized spacial score (nSPS) is 22.0. The zero-order chi connectivity index (χ0) is 13.2. The minimum absolute atomic E-state index is 0.168. The predicted octanol–water partition coefficient (Wildman–Crippen LogP) is 3.26. The molecule has 98 valence electrons. The monoisotopic (exact) mass is 248 g/mol. The lowest BCUT2D eigenvalue weighted by atomic mass is 9.92. The highest BCUT2D eigenvalue weighted by Gasteiger charge is 2.30. The second-order valence-electron chi connectivity index (χ2n) is 5.91. The molecule has 0 amide bonds. The Morgan fingerprint density at radius 2 is 2.28 bits per heavy atom. The lowest BCUT2D eigenvalue weighted by Crippen LogP contribution is -2.26. The summed E-state index contributed by atoms with van der Waals surface area (Å²) in [6.07, 6.45) is 3.63. The molecule has 0 aliphatic heterocycles. The van der Waals surface area contributed by atoms with Crippen molar-refractivity contribution in [2.45, 2.75) is 45.7 Å². The summed E-state index contributed by atoms with van der Waals surface area (Å²) in [5, 5.41) is 14.2. The van der Waals surface area contributed by atoms with Gasteiger partial charge in [0.1, 0.15) is 0 Å². The fourth-order valence-electron chi connectivity index (χ4n) is 2.65. The van der Waals surface area contributed by atoms with Crippen LogP contribution in [0.2, 0.25) is 0 Å². The van der Waals surface area contributed by atoms with Crippen LogP contribution in [0.4, 0.5) is 5.69 Å². The van der Waals surface area contributed by atoms with Crippen LogP contribution in [-0.2, 0) is 6.54 Å². The highest BCUT2D eigenvalue weighted by atomic mass is 16.6. The van der Waals surface area contributed by atoms with Crippen molar-refractivity contribution in [1.82, 2.24) is 5.32 Å². The molecule has 0 heterocycles. The van der Waals surface area contributed by atoms with Gasteiger partial charge in [-0.3, -0.25) is 10.1 Å². The molecule has 1 fully saturated rings. The van der Waals surface area contributed by atoms with Gasteiger partial charge >= 0.3 is 0 Å². The quantitative estimate of drug-likeness (QED) is 0.657. The van der Waals surface area contributed by atoms with Crippen LogP contribution in [0, 0.1) is 15.5 Å². The van der Waals surface area contributed by atoms with Crippen molar-refractivity contribution in [3.05, 3.63) is 39.9 Å². The third-order valence-corrected chi connectivity index (χ3v) is 3.68. The van der Waals surface area contributed by atoms with Crippen LogP contribution in [0.25, 0.3) is 0 Å². The van der Waals surface area contributed by atoms with E-state index in [1.807, 2.05) is 6.07 Å². The van der Waals surface area contributed by atoms with Crippen molar-refractivity contribution >= 4 is 5.69 Å². The Kier molecular flexibility index (Phi) is 3.66. The van der Waals surface area contributed by atoms with E-state index in [0.29, 0.717) is 18.0 Å².